The third-order valence-electron chi connectivity index (χ3n) is 4.28. The number of nitrogens with one attached hydrogen (secondary N) is 1. The lowest BCUT2D eigenvalue weighted by Crippen LogP contribution is -2.26. The molecule has 2 heterocycles. The molecule has 0 unspecified atom stereocenters. The Bertz CT molecular complexity index is 926. The number of nitrogens with zero attached hydrogens (tertiary/aromatic N) is 2. The Morgan fingerprint density at radius 1 is 1.08 bits per heavy atom. The highest BCUT2D eigenvalue weighted by Gasteiger charge is 2.10. The molecular formula is C19H23N3O3. The van der Waals surface area contributed by atoms with Gasteiger partial charge in [-0.3, -0.25) is 9.59 Å². The molecule has 6 heteroatoms. The fourth-order valence-electron chi connectivity index (χ4n) is 3.06. The van der Waals surface area contributed by atoms with E-state index in [1.54, 1.807) is 11.7 Å². The van der Waals surface area contributed by atoms with Crippen LogP contribution < -0.4 is 10.9 Å². The van der Waals surface area contributed by atoms with Gasteiger partial charge in [0.15, 0.2) is 0 Å². The van der Waals surface area contributed by atoms with Crippen LogP contribution in [0.15, 0.2) is 47.4 Å². The van der Waals surface area contributed by atoms with Gasteiger partial charge in [0.2, 0.25) is 5.91 Å². The van der Waals surface area contributed by atoms with Crippen LogP contribution in [0.25, 0.3) is 16.6 Å². The molecule has 1 aromatic carbocycles. The van der Waals surface area contributed by atoms with Crippen molar-refractivity contribution in [2.24, 2.45) is 0 Å². The van der Waals surface area contributed by atoms with Crippen LogP contribution in [-0.4, -0.2) is 35.1 Å². The first-order chi connectivity index (χ1) is 12.2. The van der Waals surface area contributed by atoms with Gasteiger partial charge in [-0.1, -0.05) is 12.1 Å². The number of aromatic nitrogens is 2. The lowest BCUT2D eigenvalue weighted by molar-refractivity contribution is -0.121. The van der Waals surface area contributed by atoms with E-state index in [1.165, 1.54) is 0 Å². The number of para-hydroxylation sites is 2. The van der Waals surface area contributed by atoms with Crippen LogP contribution in [0, 0.1) is 0 Å². The third kappa shape index (κ3) is 3.74. The number of ether oxygens (including phenoxy) is 1. The molecule has 3 aromatic rings. The molecule has 6 nitrogen and oxygen atoms in total. The molecule has 1 N–H and O–H groups in total. The molecule has 0 fully saturated rings. The predicted octanol–water partition coefficient (Wildman–Crippen LogP) is 2.19. The monoisotopic (exact) mass is 341 g/mol. The van der Waals surface area contributed by atoms with E-state index in [0.717, 1.165) is 17.5 Å². The second kappa shape index (κ2) is 7.98. The van der Waals surface area contributed by atoms with Gasteiger partial charge in [0.1, 0.15) is 5.52 Å². The van der Waals surface area contributed by atoms with Gasteiger partial charge in [-0.15, -0.1) is 0 Å². The molecule has 25 heavy (non-hydrogen) atoms. The molecule has 0 aliphatic carbocycles. The smallest absolute Gasteiger partial charge is 0.275 e. The van der Waals surface area contributed by atoms with E-state index in [1.807, 2.05) is 47.0 Å². The minimum atomic E-state index is -0.0239. The highest BCUT2D eigenvalue weighted by atomic mass is 16.5. The lowest BCUT2D eigenvalue weighted by Gasteiger charge is -2.12. The summed E-state index contributed by atoms with van der Waals surface area (Å²) in [6, 6.07) is 11.5. The first-order valence-electron chi connectivity index (χ1n) is 8.56. The SMILES string of the molecule is COCCCNC(=O)CCCn1c(=O)c2cccn2c2ccccc21. The van der Waals surface area contributed by atoms with Crippen molar-refractivity contribution >= 4 is 22.5 Å². The lowest BCUT2D eigenvalue weighted by atomic mass is 10.2. The Morgan fingerprint density at radius 3 is 2.64 bits per heavy atom. The Morgan fingerprint density at radius 2 is 1.84 bits per heavy atom. The molecule has 0 spiro atoms. The zero-order valence-corrected chi connectivity index (χ0v) is 14.4. The van der Waals surface area contributed by atoms with E-state index < -0.39 is 0 Å². The van der Waals surface area contributed by atoms with Crippen molar-refractivity contribution in [3.8, 4) is 0 Å². The minimum Gasteiger partial charge on any atom is -0.385 e. The molecule has 2 aromatic heterocycles. The number of amides is 1. The molecule has 0 aliphatic rings. The molecule has 132 valence electrons. The van der Waals surface area contributed by atoms with E-state index in [0.29, 0.717) is 38.1 Å². The van der Waals surface area contributed by atoms with Crippen molar-refractivity contribution < 1.29 is 9.53 Å². The molecular weight excluding hydrogens is 318 g/mol. The van der Waals surface area contributed by atoms with Gasteiger partial charge in [-0.2, -0.15) is 0 Å². The summed E-state index contributed by atoms with van der Waals surface area (Å²) < 4.78 is 8.63. The number of carbonyl (C=O) groups is 1. The minimum absolute atomic E-state index is 0.0113. The highest BCUT2D eigenvalue weighted by Crippen LogP contribution is 2.15. The molecule has 1 amide bonds. The fourth-order valence-corrected chi connectivity index (χ4v) is 3.06. The maximum absolute atomic E-state index is 12.8. The molecule has 3 rings (SSSR count). The first kappa shape index (κ1) is 17.2. The third-order valence-corrected chi connectivity index (χ3v) is 4.28. The summed E-state index contributed by atoms with van der Waals surface area (Å²) in [5.41, 5.74) is 2.51. The number of rotatable bonds is 8. The number of carbonyl (C=O) groups excluding carboxylic acids is 1. The summed E-state index contributed by atoms with van der Waals surface area (Å²) in [4.78, 5) is 24.6. The van der Waals surface area contributed by atoms with Gasteiger partial charge in [0, 0.05) is 39.4 Å². The molecule has 0 saturated carbocycles. The number of aryl methyl sites for hydroxylation is 1. The standard InChI is InChI=1S/C19H23N3O3/c1-25-14-6-11-20-18(23)10-5-13-22-16-8-3-2-7-15(16)21-12-4-9-17(21)19(22)24/h2-4,7-9,12H,5-6,10-11,13-14H2,1H3,(H,20,23). The zero-order valence-electron chi connectivity index (χ0n) is 14.4. The van der Waals surface area contributed by atoms with Gasteiger partial charge in [0.05, 0.1) is 11.0 Å². The largest absolute Gasteiger partial charge is 0.385 e. The molecule has 0 saturated heterocycles. The summed E-state index contributed by atoms with van der Waals surface area (Å²) in [5.74, 6) is 0.0113. The Hall–Kier alpha value is -2.60. The van der Waals surface area contributed by atoms with Crippen LogP contribution in [0.2, 0.25) is 0 Å². The Kier molecular flexibility index (Phi) is 5.50. The Balaban J connectivity index is 1.72. The normalized spacial score (nSPS) is 11.2. The van der Waals surface area contributed by atoms with Crippen LogP contribution in [0.3, 0.4) is 0 Å². The van der Waals surface area contributed by atoms with Gasteiger partial charge in [0.25, 0.3) is 5.56 Å². The van der Waals surface area contributed by atoms with Crippen LogP contribution in [-0.2, 0) is 16.1 Å². The van der Waals surface area contributed by atoms with Crippen LogP contribution in [0.4, 0.5) is 0 Å². The van der Waals surface area contributed by atoms with E-state index in [-0.39, 0.29) is 11.5 Å². The van der Waals surface area contributed by atoms with E-state index in [9.17, 15) is 9.59 Å². The maximum Gasteiger partial charge on any atom is 0.275 e. The fraction of sp³-hybridized carbons (Fsp3) is 0.368. The zero-order chi connectivity index (χ0) is 17.6. The topological polar surface area (TPSA) is 64.7 Å². The van der Waals surface area contributed by atoms with Gasteiger partial charge in [-0.25, -0.2) is 0 Å². The molecule has 0 bridgehead atoms. The Labute approximate surface area is 146 Å². The van der Waals surface area contributed by atoms with Crippen molar-refractivity contribution in [1.82, 2.24) is 14.3 Å². The summed E-state index contributed by atoms with van der Waals surface area (Å²) in [7, 11) is 1.64. The number of methoxy groups -OCH3 is 1. The van der Waals surface area contributed by atoms with Crippen molar-refractivity contribution in [2.75, 3.05) is 20.3 Å². The summed E-state index contributed by atoms with van der Waals surface area (Å²) >= 11 is 0. The number of fused-ring (bicyclic) bond motifs is 3. The maximum atomic E-state index is 12.8. The second-order valence-electron chi connectivity index (χ2n) is 6.01. The average molecular weight is 341 g/mol. The number of benzene rings is 1. The van der Waals surface area contributed by atoms with E-state index in [2.05, 4.69) is 5.32 Å². The predicted molar refractivity (Wildman–Crippen MR) is 97.9 cm³/mol. The molecule has 0 radical (unpaired) electrons. The van der Waals surface area contributed by atoms with Crippen LogP contribution in [0.1, 0.15) is 19.3 Å². The average Bonchev–Trinajstić information content (AvgIpc) is 3.12. The first-order valence-corrected chi connectivity index (χ1v) is 8.56. The highest BCUT2D eigenvalue weighted by molar-refractivity contribution is 5.79. The summed E-state index contributed by atoms with van der Waals surface area (Å²) in [6.07, 6.45) is 3.73. The van der Waals surface area contributed by atoms with Crippen molar-refractivity contribution in [3.63, 3.8) is 0 Å². The van der Waals surface area contributed by atoms with Crippen molar-refractivity contribution in [1.29, 1.82) is 0 Å². The summed E-state index contributed by atoms with van der Waals surface area (Å²) in [5, 5.41) is 2.87. The van der Waals surface area contributed by atoms with Crippen LogP contribution in [0.5, 0.6) is 0 Å². The number of hydrogen-bond acceptors (Lipinski definition) is 3. The molecule has 0 atom stereocenters. The van der Waals surface area contributed by atoms with Gasteiger partial charge >= 0.3 is 0 Å². The quantitative estimate of drug-likeness (QED) is 0.639. The number of hydrogen-bond donors (Lipinski definition) is 1. The van der Waals surface area contributed by atoms with Crippen molar-refractivity contribution in [3.05, 3.63) is 52.9 Å². The van der Waals surface area contributed by atoms with E-state index >= 15 is 0 Å². The van der Waals surface area contributed by atoms with E-state index in [4.69, 9.17) is 4.74 Å². The van der Waals surface area contributed by atoms with Crippen molar-refractivity contribution in [2.45, 2.75) is 25.8 Å². The van der Waals surface area contributed by atoms with Crippen LogP contribution >= 0.6 is 0 Å². The molecule has 0 aliphatic heterocycles. The summed E-state index contributed by atoms with van der Waals surface area (Å²) in [6.45, 7) is 1.77. The van der Waals surface area contributed by atoms with Gasteiger partial charge < -0.3 is 19.0 Å². The second-order valence-corrected chi connectivity index (χ2v) is 6.01. The van der Waals surface area contributed by atoms with Gasteiger partial charge in [-0.05, 0) is 37.1 Å².